The molecule has 0 atom stereocenters. The minimum absolute atomic E-state index is 0.0145. The van der Waals surface area contributed by atoms with Gasteiger partial charge in [0.15, 0.2) is 0 Å². The van der Waals surface area contributed by atoms with Gasteiger partial charge in [0.2, 0.25) is 10.0 Å². The molecule has 1 aromatic carbocycles. The number of ether oxygens (including phenoxy) is 3. The zero-order valence-corrected chi connectivity index (χ0v) is 19.2. The molecule has 1 saturated heterocycles. The van der Waals surface area contributed by atoms with E-state index in [4.69, 9.17) is 14.2 Å². The van der Waals surface area contributed by atoms with Crippen molar-refractivity contribution in [1.29, 1.82) is 0 Å². The van der Waals surface area contributed by atoms with E-state index in [-0.39, 0.29) is 22.3 Å². The second-order valence-corrected chi connectivity index (χ2v) is 9.20. The lowest BCUT2D eigenvalue weighted by Crippen LogP contribution is -2.38. The van der Waals surface area contributed by atoms with Crippen molar-refractivity contribution in [3.63, 3.8) is 0 Å². The first kappa shape index (κ1) is 23.3. The molecule has 2 aromatic rings. The maximum Gasteiger partial charge on any atom is 0.345 e. The Morgan fingerprint density at radius 3 is 2.42 bits per heavy atom. The molecule has 0 saturated carbocycles. The molecule has 31 heavy (non-hydrogen) atoms. The summed E-state index contributed by atoms with van der Waals surface area (Å²) in [6.07, 6.45) is 1.16. The molecule has 0 amide bonds. The van der Waals surface area contributed by atoms with Crippen molar-refractivity contribution >= 4 is 10.0 Å². The van der Waals surface area contributed by atoms with E-state index in [1.54, 1.807) is 23.8 Å². The fraction of sp³-hybridized carbons (Fsp3) is 0.600. The van der Waals surface area contributed by atoms with Crippen molar-refractivity contribution in [2.24, 2.45) is 0 Å². The summed E-state index contributed by atoms with van der Waals surface area (Å²) in [5.74, 6) is 1.50. The Morgan fingerprint density at radius 1 is 1.13 bits per heavy atom. The number of methoxy groups -OCH3 is 3. The van der Waals surface area contributed by atoms with Gasteiger partial charge in [-0.1, -0.05) is 0 Å². The summed E-state index contributed by atoms with van der Waals surface area (Å²) in [5.41, 5.74) is -0.160. The van der Waals surface area contributed by atoms with Crippen LogP contribution in [0.15, 0.2) is 27.9 Å². The van der Waals surface area contributed by atoms with Crippen LogP contribution >= 0.6 is 0 Å². The molecule has 10 nitrogen and oxygen atoms in total. The Kier molecular flexibility index (Phi) is 7.39. The minimum atomic E-state index is -3.72. The largest absolute Gasteiger partial charge is 0.497 e. The number of hydrogen-bond acceptors (Lipinski definition) is 7. The van der Waals surface area contributed by atoms with Crippen LogP contribution in [0.2, 0.25) is 0 Å². The van der Waals surface area contributed by atoms with E-state index in [2.05, 4.69) is 5.10 Å². The van der Waals surface area contributed by atoms with E-state index < -0.39 is 10.0 Å². The summed E-state index contributed by atoms with van der Waals surface area (Å²) in [4.78, 5) is 12.7. The normalized spacial score (nSPS) is 15.9. The second-order valence-electron chi connectivity index (χ2n) is 7.30. The zero-order chi connectivity index (χ0) is 22.6. The predicted octanol–water partition coefficient (Wildman–Crippen LogP) is 1.30. The van der Waals surface area contributed by atoms with Gasteiger partial charge in [-0.25, -0.2) is 17.9 Å². The Morgan fingerprint density at radius 2 is 1.84 bits per heavy atom. The van der Waals surface area contributed by atoms with Crippen LogP contribution in [0.3, 0.4) is 0 Å². The molecular weight excluding hydrogens is 424 g/mol. The van der Waals surface area contributed by atoms with Crippen LogP contribution in [-0.2, 0) is 27.8 Å². The van der Waals surface area contributed by atoms with Crippen LogP contribution in [0.1, 0.15) is 31.5 Å². The lowest BCUT2D eigenvalue weighted by molar-refractivity contribution is 0.182. The molecule has 0 radical (unpaired) electrons. The third-order valence-electron chi connectivity index (χ3n) is 5.58. The number of sulfonamides is 1. The average Bonchev–Trinajstić information content (AvgIpc) is 3.12. The van der Waals surface area contributed by atoms with Crippen molar-refractivity contribution < 1.29 is 22.6 Å². The van der Waals surface area contributed by atoms with Gasteiger partial charge in [-0.15, -0.1) is 0 Å². The molecule has 0 bridgehead atoms. The van der Waals surface area contributed by atoms with Crippen molar-refractivity contribution in [2.75, 3.05) is 41.0 Å². The van der Waals surface area contributed by atoms with Gasteiger partial charge < -0.3 is 14.2 Å². The van der Waals surface area contributed by atoms with Crippen LogP contribution in [0.4, 0.5) is 0 Å². The molecule has 0 spiro atoms. The SMILES string of the molecule is CCn1c(C2CCN(S(=O)(=O)c3ccc(OC)cc3OC)CC2)nn(CCOC)c1=O. The molecule has 1 aromatic heterocycles. The van der Waals surface area contributed by atoms with Crippen molar-refractivity contribution in [3.05, 3.63) is 34.5 Å². The number of hydrogen-bond donors (Lipinski definition) is 0. The van der Waals surface area contributed by atoms with Crippen molar-refractivity contribution in [2.45, 2.75) is 43.7 Å². The number of aromatic nitrogens is 3. The van der Waals surface area contributed by atoms with Gasteiger partial charge in [-0.2, -0.15) is 9.40 Å². The lowest BCUT2D eigenvalue weighted by Gasteiger charge is -2.31. The van der Waals surface area contributed by atoms with Gasteiger partial charge in [0, 0.05) is 38.7 Å². The molecule has 1 aliphatic heterocycles. The smallest absolute Gasteiger partial charge is 0.345 e. The van der Waals surface area contributed by atoms with Gasteiger partial charge in [0.25, 0.3) is 0 Å². The van der Waals surface area contributed by atoms with Crippen LogP contribution in [0, 0.1) is 0 Å². The maximum absolute atomic E-state index is 13.2. The van der Waals surface area contributed by atoms with E-state index in [0.717, 1.165) is 0 Å². The predicted molar refractivity (Wildman–Crippen MR) is 114 cm³/mol. The summed E-state index contributed by atoms with van der Waals surface area (Å²) in [5, 5.41) is 4.52. The fourth-order valence-corrected chi connectivity index (χ4v) is 5.47. The quantitative estimate of drug-likeness (QED) is 0.562. The highest BCUT2D eigenvalue weighted by Gasteiger charge is 2.34. The van der Waals surface area contributed by atoms with E-state index in [1.165, 1.54) is 29.3 Å². The topological polar surface area (TPSA) is 105 Å². The van der Waals surface area contributed by atoms with Crippen molar-refractivity contribution in [1.82, 2.24) is 18.7 Å². The molecule has 11 heteroatoms. The van der Waals surface area contributed by atoms with Crippen LogP contribution < -0.4 is 15.2 Å². The van der Waals surface area contributed by atoms with Crippen molar-refractivity contribution in [3.8, 4) is 11.5 Å². The van der Waals surface area contributed by atoms with Gasteiger partial charge in [-0.05, 0) is 31.9 Å². The van der Waals surface area contributed by atoms with E-state index in [0.29, 0.717) is 57.2 Å². The van der Waals surface area contributed by atoms with Gasteiger partial charge in [0.1, 0.15) is 22.2 Å². The third-order valence-corrected chi connectivity index (χ3v) is 7.52. The lowest BCUT2D eigenvalue weighted by atomic mass is 9.97. The Hall–Kier alpha value is -2.37. The summed E-state index contributed by atoms with van der Waals surface area (Å²) in [7, 11) is 0.805. The molecule has 2 heterocycles. The molecule has 1 aliphatic rings. The van der Waals surface area contributed by atoms with Crippen LogP contribution in [0.25, 0.3) is 0 Å². The average molecular weight is 455 g/mol. The van der Waals surface area contributed by atoms with E-state index in [1.807, 2.05) is 6.92 Å². The van der Waals surface area contributed by atoms with E-state index in [9.17, 15) is 13.2 Å². The van der Waals surface area contributed by atoms with Gasteiger partial charge in [0.05, 0.1) is 27.4 Å². The van der Waals surface area contributed by atoms with E-state index >= 15 is 0 Å². The maximum atomic E-state index is 13.2. The molecule has 3 rings (SSSR count). The summed E-state index contributed by atoms with van der Waals surface area (Å²) >= 11 is 0. The summed E-state index contributed by atoms with van der Waals surface area (Å²) in [6.45, 7) is 3.89. The summed E-state index contributed by atoms with van der Waals surface area (Å²) < 4.78 is 46.5. The Labute approximate surface area is 182 Å². The Bertz CT molecular complexity index is 1050. The monoisotopic (exact) mass is 454 g/mol. The minimum Gasteiger partial charge on any atom is -0.497 e. The van der Waals surface area contributed by atoms with Crippen LogP contribution in [0.5, 0.6) is 11.5 Å². The first-order chi connectivity index (χ1) is 14.9. The van der Waals surface area contributed by atoms with Crippen LogP contribution in [-0.4, -0.2) is 68.1 Å². The highest BCUT2D eigenvalue weighted by molar-refractivity contribution is 7.89. The molecule has 172 valence electrons. The zero-order valence-electron chi connectivity index (χ0n) is 18.4. The number of benzene rings is 1. The highest BCUT2D eigenvalue weighted by atomic mass is 32.2. The van der Waals surface area contributed by atoms with Gasteiger partial charge in [-0.3, -0.25) is 4.57 Å². The second kappa shape index (κ2) is 9.84. The standard InChI is InChI=1S/C20H30N4O6S/c1-5-23-19(21-24(20(23)25)12-13-28-2)15-8-10-22(11-9-15)31(26,27)18-7-6-16(29-3)14-17(18)30-4/h6-7,14-15H,5,8-13H2,1-4H3. The molecule has 0 aliphatic carbocycles. The summed E-state index contributed by atoms with van der Waals surface area (Å²) in [6, 6.07) is 4.67. The molecule has 0 unspecified atom stereocenters. The van der Waals surface area contributed by atoms with Gasteiger partial charge >= 0.3 is 5.69 Å². The number of nitrogens with zero attached hydrogens (tertiary/aromatic N) is 4. The molecular formula is C20H30N4O6S. The fourth-order valence-electron chi connectivity index (χ4n) is 3.86. The highest BCUT2D eigenvalue weighted by Crippen LogP contribution is 2.34. The molecule has 0 N–H and O–H groups in total. The Balaban J connectivity index is 1.79. The molecule has 1 fully saturated rings. The third kappa shape index (κ3) is 4.63. The number of piperidine rings is 1. The first-order valence-electron chi connectivity index (χ1n) is 10.3. The first-order valence-corrected chi connectivity index (χ1v) is 11.7. The number of rotatable bonds is 9.